The summed E-state index contributed by atoms with van der Waals surface area (Å²) in [6.07, 6.45) is 3.19. The highest BCUT2D eigenvalue weighted by atomic mass is 16.6. The average Bonchev–Trinajstić information content (AvgIpc) is 2.29. The fourth-order valence-corrected chi connectivity index (χ4v) is 3.42. The van der Waals surface area contributed by atoms with Gasteiger partial charge in [0, 0.05) is 22.0 Å². The Hall–Kier alpha value is -1.58. The van der Waals surface area contributed by atoms with E-state index in [0.717, 1.165) is 0 Å². The van der Waals surface area contributed by atoms with E-state index >= 15 is 0 Å². The SMILES string of the molecule is CC1=C[C@@]2(C)[C@H](OC1=O)[C@@H]1OC(=O)C(C)=C[C@@]12C. The van der Waals surface area contributed by atoms with Crippen LogP contribution in [-0.4, -0.2) is 24.1 Å². The van der Waals surface area contributed by atoms with Crippen LogP contribution in [0.4, 0.5) is 0 Å². The quantitative estimate of drug-likeness (QED) is 0.613. The Morgan fingerprint density at radius 2 is 1.22 bits per heavy atom. The fraction of sp³-hybridized carbons (Fsp3) is 0.571. The molecule has 1 saturated carbocycles. The van der Waals surface area contributed by atoms with Crippen molar-refractivity contribution >= 4 is 11.9 Å². The van der Waals surface area contributed by atoms with E-state index in [1.165, 1.54) is 0 Å². The van der Waals surface area contributed by atoms with Gasteiger partial charge >= 0.3 is 11.9 Å². The molecule has 4 nitrogen and oxygen atoms in total. The first-order valence-electron chi connectivity index (χ1n) is 6.10. The number of hydrogen-bond donors (Lipinski definition) is 0. The molecule has 3 aliphatic rings. The van der Waals surface area contributed by atoms with E-state index in [2.05, 4.69) is 0 Å². The minimum Gasteiger partial charge on any atom is -0.454 e. The van der Waals surface area contributed by atoms with Crippen molar-refractivity contribution in [1.82, 2.24) is 0 Å². The van der Waals surface area contributed by atoms with Gasteiger partial charge < -0.3 is 9.47 Å². The second-order valence-electron chi connectivity index (χ2n) is 5.87. The van der Waals surface area contributed by atoms with Crippen LogP contribution in [0.15, 0.2) is 23.3 Å². The van der Waals surface area contributed by atoms with Crippen molar-refractivity contribution < 1.29 is 19.1 Å². The zero-order chi connectivity index (χ0) is 13.3. The van der Waals surface area contributed by atoms with Crippen molar-refractivity contribution in [1.29, 1.82) is 0 Å². The van der Waals surface area contributed by atoms with Crippen molar-refractivity contribution in [3.05, 3.63) is 23.3 Å². The predicted octanol–water partition coefficient (Wildman–Crippen LogP) is 1.76. The lowest BCUT2D eigenvalue weighted by atomic mass is 9.45. The standard InChI is InChI=1S/C14H16O4/c1-7-5-13(3)9(17-11(7)15)10-14(13,4)6-8(2)12(16)18-10/h5-6,9-10H,1-4H3/t9-,10+,13-,14-/m0/s1. The molecular weight excluding hydrogens is 232 g/mol. The molecule has 4 heteroatoms. The number of carbonyl (C=O) groups is 2. The van der Waals surface area contributed by atoms with Gasteiger partial charge in [0.15, 0.2) is 0 Å². The van der Waals surface area contributed by atoms with Crippen LogP contribution >= 0.6 is 0 Å². The molecule has 0 unspecified atom stereocenters. The van der Waals surface area contributed by atoms with Crippen LogP contribution in [0.3, 0.4) is 0 Å². The Balaban J connectivity index is 2.12. The summed E-state index contributed by atoms with van der Waals surface area (Å²) in [5, 5.41) is 0. The van der Waals surface area contributed by atoms with Crippen molar-refractivity contribution in [2.45, 2.75) is 39.9 Å². The van der Waals surface area contributed by atoms with Crippen LogP contribution in [0.25, 0.3) is 0 Å². The topological polar surface area (TPSA) is 52.6 Å². The van der Waals surface area contributed by atoms with Crippen molar-refractivity contribution in [2.75, 3.05) is 0 Å². The molecule has 0 aromatic rings. The highest BCUT2D eigenvalue weighted by Gasteiger charge is 2.71. The smallest absolute Gasteiger partial charge is 0.333 e. The van der Waals surface area contributed by atoms with Gasteiger partial charge in [0.25, 0.3) is 0 Å². The second kappa shape index (κ2) is 3.05. The first-order valence-corrected chi connectivity index (χ1v) is 6.10. The number of carbonyl (C=O) groups excluding carboxylic acids is 2. The molecule has 0 aromatic carbocycles. The molecule has 0 spiro atoms. The van der Waals surface area contributed by atoms with E-state index in [1.54, 1.807) is 13.8 Å². The third-order valence-electron chi connectivity index (χ3n) is 4.76. The van der Waals surface area contributed by atoms with E-state index in [9.17, 15) is 9.59 Å². The molecule has 2 aliphatic heterocycles. The van der Waals surface area contributed by atoms with Crippen LogP contribution in [0, 0.1) is 10.8 Å². The Bertz CT molecular complexity index is 482. The van der Waals surface area contributed by atoms with Gasteiger partial charge in [0.1, 0.15) is 12.2 Å². The van der Waals surface area contributed by atoms with Gasteiger partial charge in [-0.15, -0.1) is 0 Å². The van der Waals surface area contributed by atoms with Gasteiger partial charge in [-0.05, 0) is 13.8 Å². The van der Waals surface area contributed by atoms with Crippen LogP contribution in [0.5, 0.6) is 0 Å². The number of ether oxygens (including phenoxy) is 2. The second-order valence-corrected chi connectivity index (χ2v) is 5.87. The Labute approximate surface area is 106 Å². The van der Waals surface area contributed by atoms with Gasteiger partial charge in [0.2, 0.25) is 0 Å². The van der Waals surface area contributed by atoms with Crippen LogP contribution in [0.1, 0.15) is 27.7 Å². The minimum absolute atomic E-state index is 0.294. The lowest BCUT2D eigenvalue weighted by Gasteiger charge is -2.64. The van der Waals surface area contributed by atoms with Gasteiger partial charge in [0.05, 0.1) is 0 Å². The number of fused-ring (bicyclic) bond motifs is 4. The molecule has 0 saturated heterocycles. The molecule has 2 heterocycles. The zero-order valence-corrected chi connectivity index (χ0v) is 10.9. The number of hydrogen-bond acceptors (Lipinski definition) is 4. The monoisotopic (exact) mass is 248 g/mol. The summed E-state index contributed by atoms with van der Waals surface area (Å²) in [7, 11) is 0. The summed E-state index contributed by atoms with van der Waals surface area (Å²) >= 11 is 0. The first-order chi connectivity index (χ1) is 8.29. The van der Waals surface area contributed by atoms with Crippen molar-refractivity contribution in [3.8, 4) is 0 Å². The van der Waals surface area contributed by atoms with Gasteiger partial charge in [-0.3, -0.25) is 0 Å². The largest absolute Gasteiger partial charge is 0.454 e. The zero-order valence-electron chi connectivity index (χ0n) is 10.9. The van der Waals surface area contributed by atoms with E-state index < -0.39 is 0 Å². The van der Waals surface area contributed by atoms with Crippen molar-refractivity contribution in [2.24, 2.45) is 10.8 Å². The molecule has 1 aliphatic carbocycles. The lowest BCUT2D eigenvalue weighted by molar-refractivity contribution is -0.254. The first kappa shape index (κ1) is 11.5. The fourth-order valence-electron chi connectivity index (χ4n) is 3.42. The van der Waals surface area contributed by atoms with Crippen LogP contribution < -0.4 is 0 Å². The summed E-state index contributed by atoms with van der Waals surface area (Å²) in [5.74, 6) is -0.635. The summed E-state index contributed by atoms with van der Waals surface area (Å²) < 4.78 is 10.8. The van der Waals surface area contributed by atoms with E-state index in [1.807, 2.05) is 26.0 Å². The molecule has 0 N–H and O–H groups in total. The summed E-state index contributed by atoms with van der Waals surface area (Å²) in [4.78, 5) is 23.2. The number of rotatable bonds is 0. The van der Waals surface area contributed by atoms with Gasteiger partial charge in [-0.2, -0.15) is 0 Å². The molecule has 3 rings (SSSR count). The normalized spacial score (nSPS) is 45.8. The van der Waals surface area contributed by atoms with E-state index in [-0.39, 0.29) is 35.0 Å². The van der Waals surface area contributed by atoms with Crippen LogP contribution in [0.2, 0.25) is 0 Å². The molecule has 18 heavy (non-hydrogen) atoms. The van der Waals surface area contributed by atoms with Crippen LogP contribution in [-0.2, 0) is 19.1 Å². The summed E-state index contributed by atoms with van der Waals surface area (Å²) in [6.45, 7) is 7.61. The Morgan fingerprint density at radius 3 is 1.56 bits per heavy atom. The molecule has 0 aromatic heterocycles. The highest BCUT2D eigenvalue weighted by molar-refractivity contribution is 5.91. The lowest BCUT2D eigenvalue weighted by Crippen LogP contribution is -2.73. The minimum atomic E-state index is -0.369. The predicted molar refractivity (Wildman–Crippen MR) is 63.5 cm³/mol. The van der Waals surface area contributed by atoms with Gasteiger partial charge in [-0.25, -0.2) is 9.59 Å². The molecule has 96 valence electrons. The summed E-state index contributed by atoms with van der Waals surface area (Å²) in [5.41, 5.74) is 0.655. The summed E-state index contributed by atoms with van der Waals surface area (Å²) in [6, 6.07) is 0. The number of esters is 2. The Kier molecular flexibility index (Phi) is 1.95. The maximum absolute atomic E-state index is 11.6. The molecule has 0 amide bonds. The molecule has 0 bridgehead atoms. The molecular formula is C14H16O4. The van der Waals surface area contributed by atoms with E-state index in [0.29, 0.717) is 11.1 Å². The third-order valence-corrected chi connectivity index (χ3v) is 4.76. The third kappa shape index (κ3) is 1.06. The average molecular weight is 248 g/mol. The Morgan fingerprint density at radius 1 is 0.889 bits per heavy atom. The van der Waals surface area contributed by atoms with Gasteiger partial charge in [-0.1, -0.05) is 26.0 Å². The maximum atomic E-state index is 11.6. The molecule has 1 fully saturated rings. The highest BCUT2D eigenvalue weighted by Crippen LogP contribution is 2.64. The maximum Gasteiger partial charge on any atom is 0.333 e. The van der Waals surface area contributed by atoms with E-state index in [4.69, 9.17) is 9.47 Å². The molecule has 4 atom stereocenters. The molecule has 0 radical (unpaired) electrons. The van der Waals surface area contributed by atoms with Crippen molar-refractivity contribution in [3.63, 3.8) is 0 Å².